The summed E-state index contributed by atoms with van der Waals surface area (Å²) in [5.41, 5.74) is -1.13. The Morgan fingerprint density at radius 1 is 1.17 bits per heavy atom. The van der Waals surface area contributed by atoms with E-state index in [4.69, 9.17) is 0 Å². The predicted molar refractivity (Wildman–Crippen MR) is 94.0 cm³/mol. The molecule has 0 bridgehead atoms. The Kier molecular flexibility index (Phi) is 8.58. The van der Waals surface area contributed by atoms with Gasteiger partial charge < -0.3 is 10.1 Å². The van der Waals surface area contributed by atoms with E-state index in [0.717, 1.165) is 18.2 Å². The molecule has 1 rings (SSSR count). The number of nitrogens with one attached hydrogen (secondary N) is 3. The molecule has 0 aliphatic heterocycles. The molecule has 0 saturated carbocycles. The van der Waals surface area contributed by atoms with Crippen molar-refractivity contribution >= 4 is 27.9 Å². The van der Waals surface area contributed by atoms with Crippen molar-refractivity contribution in [1.29, 1.82) is 0 Å². The summed E-state index contributed by atoms with van der Waals surface area (Å²) < 4.78 is 68.6. The number of amides is 3. The Labute approximate surface area is 165 Å². The first-order valence-corrected chi connectivity index (χ1v) is 9.72. The summed E-state index contributed by atoms with van der Waals surface area (Å²) in [7, 11) is -4.29. The molecular weight excluding hydrogens is 419 g/mol. The molecule has 29 heavy (non-hydrogen) atoms. The van der Waals surface area contributed by atoms with Crippen LogP contribution < -0.4 is 15.4 Å². The van der Waals surface area contributed by atoms with Crippen molar-refractivity contribution in [3.63, 3.8) is 0 Å². The number of benzene rings is 1. The minimum atomic E-state index is -4.71. The summed E-state index contributed by atoms with van der Waals surface area (Å²) in [6, 6.07) is 2.13. The van der Waals surface area contributed by atoms with Crippen molar-refractivity contribution in [2.24, 2.45) is 0 Å². The quantitative estimate of drug-likeness (QED) is 0.521. The molecule has 13 heteroatoms. The number of sulfonamides is 1. The minimum absolute atomic E-state index is 0.213. The number of halogens is 3. The highest BCUT2D eigenvalue weighted by Crippen LogP contribution is 2.30. The fourth-order valence-electron chi connectivity index (χ4n) is 1.89. The molecule has 9 nitrogen and oxygen atoms in total. The molecule has 0 unspecified atom stereocenters. The van der Waals surface area contributed by atoms with Crippen molar-refractivity contribution in [2.75, 3.05) is 13.2 Å². The Morgan fingerprint density at radius 2 is 1.83 bits per heavy atom. The number of carbonyl (C=O) groups is 3. The van der Waals surface area contributed by atoms with Gasteiger partial charge in [-0.1, -0.05) is 6.07 Å². The largest absolute Gasteiger partial charge is 0.456 e. The van der Waals surface area contributed by atoms with Crippen LogP contribution in [0.15, 0.2) is 29.2 Å². The van der Waals surface area contributed by atoms with Crippen molar-refractivity contribution in [1.82, 2.24) is 15.4 Å². The molecule has 3 amide bonds. The van der Waals surface area contributed by atoms with Crippen LogP contribution in [0.5, 0.6) is 0 Å². The zero-order valence-electron chi connectivity index (χ0n) is 15.5. The third kappa shape index (κ3) is 8.91. The van der Waals surface area contributed by atoms with Crippen molar-refractivity contribution in [2.45, 2.75) is 37.4 Å². The second kappa shape index (κ2) is 10.2. The number of alkyl halides is 3. The summed E-state index contributed by atoms with van der Waals surface area (Å²) in [6.45, 7) is 2.12. The van der Waals surface area contributed by atoms with Crippen LogP contribution in [0.3, 0.4) is 0 Å². The smallest absolute Gasteiger partial charge is 0.416 e. The molecule has 0 heterocycles. The molecule has 0 saturated heterocycles. The molecule has 0 aromatic heterocycles. The first-order valence-electron chi connectivity index (χ1n) is 8.24. The second-order valence-corrected chi connectivity index (χ2v) is 7.78. The number of imide groups is 1. The highest BCUT2D eigenvalue weighted by Gasteiger charge is 2.31. The van der Waals surface area contributed by atoms with Gasteiger partial charge in [0.2, 0.25) is 10.0 Å². The second-order valence-electron chi connectivity index (χ2n) is 6.01. The molecule has 162 valence electrons. The number of hydrogen-bond donors (Lipinski definition) is 3. The number of urea groups is 1. The lowest BCUT2D eigenvalue weighted by Gasteiger charge is -2.11. The van der Waals surface area contributed by atoms with E-state index in [9.17, 15) is 36.0 Å². The van der Waals surface area contributed by atoms with Gasteiger partial charge in [-0.15, -0.1) is 0 Å². The van der Waals surface area contributed by atoms with Crippen molar-refractivity contribution in [3.8, 4) is 0 Å². The molecular formula is C16H20F3N3O6S. The summed E-state index contributed by atoms with van der Waals surface area (Å²) >= 11 is 0. The number of carbonyl (C=O) groups excluding carboxylic acids is 3. The molecule has 0 fully saturated rings. The number of ether oxygens (including phenoxy) is 1. The standard InChI is InChI=1S/C16H20F3N3O6S/c1-10(2)21-15(25)22-13(23)9-28-14(24)6-7-20-29(26,27)12-5-3-4-11(8-12)16(17,18)19/h3-5,8,10,20H,6-7,9H2,1-2H3,(H2,21,22,23,25). The van der Waals surface area contributed by atoms with Gasteiger partial charge in [-0.05, 0) is 32.0 Å². The monoisotopic (exact) mass is 439 g/mol. The summed E-state index contributed by atoms with van der Waals surface area (Å²) in [5.74, 6) is -1.84. The summed E-state index contributed by atoms with van der Waals surface area (Å²) in [6.07, 6.45) is -5.19. The SMILES string of the molecule is CC(C)NC(=O)NC(=O)COC(=O)CCNS(=O)(=O)c1cccc(C(F)(F)F)c1. The van der Waals surface area contributed by atoms with Crippen LogP contribution in [-0.4, -0.2) is 45.5 Å². The highest BCUT2D eigenvalue weighted by atomic mass is 32.2. The molecule has 0 aliphatic rings. The van der Waals surface area contributed by atoms with Crippen LogP contribution in [0, 0.1) is 0 Å². The average Bonchev–Trinajstić information content (AvgIpc) is 2.58. The average molecular weight is 439 g/mol. The molecule has 0 spiro atoms. The first-order chi connectivity index (χ1) is 13.3. The van der Waals surface area contributed by atoms with Gasteiger partial charge in [0.05, 0.1) is 16.9 Å². The lowest BCUT2D eigenvalue weighted by molar-refractivity contribution is -0.148. The molecule has 1 aromatic rings. The highest BCUT2D eigenvalue weighted by molar-refractivity contribution is 7.89. The zero-order chi connectivity index (χ0) is 22.2. The van der Waals surface area contributed by atoms with E-state index in [1.54, 1.807) is 13.8 Å². The molecule has 0 radical (unpaired) electrons. The maximum atomic E-state index is 12.7. The van der Waals surface area contributed by atoms with Crippen molar-refractivity contribution < 1.29 is 40.7 Å². The fraction of sp³-hybridized carbons (Fsp3) is 0.438. The maximum Gasteiger partial charge on any atom is 0.416 e. The van der Waals surface area contributed by atoms with Gasteiger partial charge in [-0.2, -0.15) is 13.2 Å². The van der Waals surface area contributed by atoms with Crippen molar-refractivity contribution in [3.05, 3.63) is 29.8 Å². The molecule has 0 atom stereocenters. The van der Waals surface area contributed by atoms with Gasteiger partial charge in [0.25, 0.3) is 5.91 Å². The van der Waals surface area contributed by atoms with E-state index >= 15 is 0 Å². The Balaban J connectivity index is 2.47. The number of esters is 1. The van der Waals surface area contributed by atoms with E-state index < -0.39 is 64.1 Å². The van der Waals surface area contributed by atoms with E-state index in [1.807, 2.05) is 10.0 Å². The van der Waals surface area contributed by atoms with Crippen LogP contribution >= 0.6 is 0 Å². The molecule has 1 aromatic carbocycles. The Morgan fingerprint density at radius 3 is 2.41 bits per heavy atom. The first kappa shape index (κ1) is 24.4. The normalized spacial score (nSPS) is 11.8. The lowest BCUT2D eigenvalue weighted by Crippen LogP contribution is -2.44. The van der Waals surface area contributed by atoms with Crippen LogP contribution in [0.1, 0.15) is 25.8 Å². The summed E-state index contributed by atoms with van der Waals surface area (Å²) in [5, 5.41) is 4.30. The predicted octanol–water partition coefficient (Wildman–Crippen LogP) is 1.15. The molecule has 3 N–H and O–H groups in total. The Hall–Kier alpha value is -2.67. The third-order valence-electron chi connectivity index (χ3n) is 3.13. The van der Waals surface area contributed by atoms with Crippen LogP contribution in [0.25, 0.3) is 0 Å². The number of rotatable bonds is 8. The minimum Gasteiger partial charge on any atom is -0.456 e. The van der Waals surface area contributed by atoms with Gasteiger partial charge in [-0.3, -0.25) is 14.9 Å². The van der Waals surface area contributed by atoms with E-state index in [-0.39, 0.29) is 6.04 Å². The van der Waals surface area contributed by atoms with E-state index in [0.29, 0.717) is 6.07 Å². The zero-order valence-corrected chi connectivity index (χ0v) is 16.3. The van der Waals surface area contributed by atoms with Gasteiger partial charge in [0.1, 0.15) is 0 Å². The molecule has 0 aliphatic carbocycles. The van der Waals surface area contributed by atoms with E-state index in [1.165, 1.54) is 0 Å². The van der Waals surface area contributed by atoms with Crippen LogP contribution in [0.2, 0.25) is 0 Å². The Bertz CT molecular complexity index is 856. The lowest BCUT2D eigenvalue weighted by atomic mass is 10.2. The third-order valence-corrected chi connectivity index (χ3v) is 4.59. The van der Waals surface area contributed by atoms with E-state index in [2.05, 4.69) is 10.1 Å². The van der Waals surface area contributed by atoms with Gasteiger partial charge in [0, 0.05) is 12.6 Å². The topological polar surface area (TPSA) is 131 Å². The van der Waals surface area contributed by atoms with Gasteiger partial charge >= 0.3 is 18.2 Å². The van der Waals surface area contributed by atoms with Gasteiger partial charge in [0.15, 0.2) is 6.61 Å². The number of hydrogen-bond acceptors (Lipinski definition) is 6. The fourth-order valence-corrected chi connectivity index (χ4v) is 2.97. The van der Waals surface area contributed by atoms with Crippen LogP contribution in [0.4, 0.5) is 18.0 Å². The van der Waals surface area contributed by atoms with Gasteiger partial charge in [-0.25, -0.2) is 17.9 Å². The summed E-state index contributed by atoms with van der Waals surface area (Å²) in [4.78, 5) is 33.6. The van der Waals surface area contributed by atoms with Crippen LogP contribution in [-0.2, 0) is 30.5 Å². The maximum absolute atomic E-state index is 12.7.